The largest absolute Gasteiger partial charge is 0.493 e. The number of hydrogen-bond donors (Lipinski definition) is 2. The lowest BCUT2D eigenvalue weighted by Gasteiger charge is -2.11. The van der Waals surface area contributed by atoms with E-state index in [1.165, 1.54) is 7.11 Å². The summed E-state index contributed by atoms with van der Waals surface area (Å²) in [4.78, 5) is 24.5. The monoisotopic (exact) mass is 410 g/mol. The highest BCUT2D eigenvalue weighted by molar-refractivity contribution is 6.31. The normalized spacial score (nSPS) is 10.1. The Hall–Kier alpha value is -3.51. The molecule has 0 aliphatic rings. The molecule has 0 saturated carbocycles. The highest BCUT2D eigenvalue weighted by Gasteiger charge is 2.09. The Morgan fingerprint density at radius 1 is 0.862 bits per heavy atom. The molecule has 0 bridgehead atoms. The first kappa shape index (κ1) is 20.2. The third-order valence-electron chi connectivity index (χ3n) is 3.92. The van der Waals surface area contributed by atoms with Crippen LogP contribution in [0.3, 0.4) is 0 Å². The molecule has 0 aliphatic heterocycles. The Kier molecular flexibility index (Phi) is 6.71. The molecule has 3 aromatic carbocycles. The van der Waals surface area contributed by atoms with Crippen molar-refractivity contribution in [1.82, 2.24) is 0 Å². The quantitative estimate of drug-likeness (QED) is 0.596. The summed E-state index contributed by atoms with van der Waals surface area (Å²) < 4.78 is 10.7. The summed E-state index contributed by atoms with van der Waals surface area (Å²) in [6.45, 7) is -0.181. The van der Waals surface area contributed by atoms with E-state index in [0.29, 0.717) is 33.5 Å². The number of rotatable bonds is 7. The molecule has 6 nitrogen and oxygen atoms in total. The third kappa shape index (κ3) is 5.73. The van der Waals surface area contributed by atoms with E-state index in [1.807, 2.05) is 6.07 Å². The summed E-state index contributed by atoms with van der Waals surface area (Å²) in [5.41, 5.74) is 1.51. The average Bonchev–Trinajstić information content (AvgIpc) is 2.72. The summed E-state index contributed by atoms with van der Waals surface area (Å²) in [6, 6.07) is 20.6. The molecule has 0 saturated heterocycles. The molecule has 0 unspecified atom stereocenters. The van der Waals surface area contributed by atoms with Crippen molar-refractivity contribution in [2.45, 2.75) is 0 Å². The van der Waals surface area contributed by atoms with Gasteiger partial charge in [0.1, 0.15) is 0 Å². The van der Waals surface area contributed by atoms with Crippen molar-refractivity contribution in [3.8, 4) is 11.5 Å². The molecule has 7 heteroatoms. The minimum Gasteiger partial charge on any atom is -0.493 e. The highest BCUT2D eigenvalue weighted by atomic mass is 35.5. The maximum atomic E-state index is 12.3. The summed E-state index contributed by atoms with van der Waals surface area (Å²) in [5.74, 6) is 0.392. The van der Waals surface area contributed by atoms with Gasteiger partial charge < -0.3 is 20.1 Å². The molecular weight excluding hydrogens is 392 g/mol. The highest BCUT2D eigenvalue weighted by Crippen LogP contribution is 2.25. The van der Waals surface area contributed by atoms with Crippen LogP contribution in [0, 0.1) is 0 Å². The van der Waals surface area contributed by atoms with E-state index < -0.39 is 0 Å². The van der Waals surface area contributed by atoms with E-state index in [2.05, 4.69) is 10.6 Å². The zero-order valence-electron chi connectivity index (χ0n) is 15.6. The second-order valence-corrected chi connectivity index (χ2v) is 6.47. The number of methoxy groups -OCH3 is 1. The molecule has 0 aromatic heterocycles. The van der Waals surface area contributed by atoms with Crippen LogP contribution in [-0.4, -0.2) is 25.5 Å². The van der Waals surface area contributed by atoms with Crippen molar-refractivity contribution in [3.05, 3.63) is 83.4 Å². The van der Waals surface area contributed by atoms with E-state index in [9.17, 15) is 9.59 Å². The van der Waals surface area contributed by atoms with E-state index in [1.54, 1.807) is 66.7 Å². The Morgan fingerprint density at radius 3 is 2.28 bits per heavy atom. The van der Waals surface area contributed by atoms with Gasteiger partial charge in [-0.2, -0.15) is 0 Å². The van der Waals surface area contributed by atoms with Gasteiger partial charge in [-0.3, -0.25) is 9.59 Å². The van der Waals surface area contributed by atoms with Gasteiger partial charge >= 0.3 is 0 Å². The van der Waals surface area contributed by atoms with Crippen molar-refractivity contribution >= 4 is 34.8 Å². The molecule has 2 amide bonds. The lowest BCUT2D eigenvalue weighted by atomic mass is 10.2. The van der Waals surface area contributed by atoms with Gasteiger partial charge in [0.25, 0.3) is 11.8 Å². The van der Waals surface area contributed by atoms with Crippen LogP contribution in [0.15, 0.2) is 72.8 Å². The van der Waals surface area contributed by atoms with Crippen LogP contribution in [0.5, 0.6) is 11.5 Å². The minimum absolute atomic E-state index is 0.181. The molecule has 0 spiro atoms. The van der Waals surface area contributed by atoms with E-state index in [-0.39, 0.29) is 18.4 Å². The van der Waals surface area contributed by atoms with Crippen LogP contribution in [-0.2, 0) is 4.79 Å². The smallest absolute Gasteiger partial charge is 0.262 e. The first-order chi connectivity index (χ1) is 14.0. The Morgan fingerprint density at radius 2 is 1.55 bits per heavy atom. The Bertz CT molecular complexity index is 1020. The number of amides is 2. The van der Waals surface area contributed by atoms with E-state index in [4.69, 9.17) is 21.1 Å². The van der Waals surface area contributed by atoms with Gasteiger partial charge in [-0.05, 0) is 48.5 Å². The maximum absolute atomic E-state index is 12.3. The first-order valence-corrected chi connectivity index (χ1v) is 9.15. The molecule has 148 valence electrons. The fraction of sp³-hybridized carbons (Fsp3) is 0.0909. The number of hydrogen-bond acceptors (Lipinski definition) is 4. The van der Waals surface area contributed by atoms with Crippen LogP contribution < -0.4 is 20.1 Å². The standard InChI is InChI=1S/C22H19ClN2O4/c1-28-19-10-2-3-11-20(19)29-14-21(26)24-17-8-5-9-18(13-17)25-22(27)15-6-4-7-16(23)12-15/h2-13H,14H2,1H3,(H,24,26)(H,25,27). The van der Waals surface area contributed by atoms with Crippen LogP contribution in [0.4, 0.5) is 11.4 Å². The van der Waals surface area contributed by atoms with Crippen LogP contribution in [0.25, 0.3) is 0 Å². The Labute approximate surface area is 173 Å². The van der Waals surface area contributed by atoms with Crippen LogP contribution >= 0.6 is 11.6 Å². The molecule has 29 heavy (non-hydrogen) atoms. The molecule has 0 atom stereocenters. The second-order valence-electron chi connectivity index (χ2n) is 6.03. The minimum atomic E-state index is -0.339. The number of carbonyl (C=O) groups is 2. The van der Waals surface area contributed by atoms with Crippen molar-refractivity contribution in [1.29, 1.82) is 0 Å². The summed E-state index contributed by atoms with van der Waals surface area (Å²) >= 11 is 5.92. The predicted octanol–water partition coefficient (Wildman–Crippen LogP) is 4.62. The van der Waals surface area contributed by atoms with Crippen molar-refractivity contribution < 1.29 is 19.1 Å². The number of para-hydroxylation sites is 2. The lowest BCUT2D eigenvalue weighted by Crippen LogP contribution is -2.20. The van der Waals surface area contributed by atoms with E-state index in [0.717, 1.165) is 0 Å². The summed E-state index contributed by atoms with van der Waals surface area (Å²) in [6.07, 6.45) is 0. The number of benzene rings is 3. The molecule has 3 rings (SSSR count). The molecule has 3 aromatic rings. The SMILES string of the molecule is COc1ccccc1OCC(=O)Nc1cccc(NC(=O)c2cccc(Cl)c2)c1. The second kappa shape index (κ2) is 9.61. The maximum Gasteiger partial charge on any atom is 0.262 e. The average molecular weight is 411 g/mol. The summed E-state index contributed by atoms with van der Waals surface area (Å²) in [5, 5.41) is 5.99. The topological polar surface area (TPSA) is 76.7 Å². The summed E-state index contributed by atoms with van der Waals surface area (Å²) in [7, 11) is 1.53. The van der Waals surface area contributed by atoms with Crippen molar-refractivity contribution in [3.63, 3.8) is 0 Å². The zero-order valence-corrected chi connectivity index (χ0v) is 16.4. The number of anilines is 2. The van der Waals surface area contributed by atoms with Gasteiger partial charge in [-0.1, -0.05) is 35.9 Å². The van der Waals surface area contributed by atoms with Gasteiger partial charge in [-0.25, -0.2) is 0 Å². The molecule has 0 fully saturated rings. The van der Waals surface area contributed by atoms with Crippen molar-refractivity contribution in [2.75, 3.05) is 24.4 Å². The number of carbonyl (C=O) groups excluding carboxylic acids is 2. The van der Waals surface area contributed by atoms with Gasteiger partial charge in [0, 0.05) is 22.0 Å². The zero-order chi connectivity index (χ0) is 20.6. The lowest BCUT2D eigenvalue weighted by molar-refractivity contribution is -0.118. The first-order valence-electron chi connectivity index (χ1n) is 8.78. The van der Waals surface area contributed by atoms with Gasteiger partial charge in [0.15, 0.2) is 18.1 Å². The molecule has 0 aliphatic carbocycles. The molecule has 0 heterocycles. The predicted molar refractivity (Wildman–Crippen MR) is 113 cm³/mol. The molecule has 2 N–H and O–H groups in total. The van der Waals surface area contributed by atoms with Crippen LogP contribution in [0.1, 0.15) is 10.4 Å². The van der Waals surface area contributed by atoms with Gasteiger partial charge in [0.2, 0.25) is 0 Å². The number of nitrogens with one attached hydrogen (secondary N) is 2. The van der Waals surface area contributed by atoms with E-state index >= 15 is 0 Å². The molecular formula is C22H19ClN2O4. The van der Waals surface area contributed by atoms with Gasteiger partial charge in [-0.15, -0.1) is 0 Å². The van der Waals surface area contributed by atoms with Gasteiger partial charge in [0.05, 0.1) is 7.11 Å². The third-order valence-corrected chi connectivity index (χ3v) is 4.15. The fourth-order valence-corrected chi connectivity index (χ4v) is 2.78. The van der Waals surface area contributed by atoms with Crippen LogP contribution in [0.2, 0.25) is 5.02 Å². The molecule has 0 radical (unpaired) electrons. The number of halogens is 1. The number of ether oxygens (including phenoxy) is 2. The Balaban J connectivity index is 1.59. The van der Waals surface area contributed by atoms with Crippen molar-refractivity contribution in [2.24, 2.45) is 0 Å². The fourth-order valence-electron chi connectivity index (χ4n) is 2.59.